The fourth-order valence-corrected chi connectivity index (χ4v) is 4.07. The SMILES string of the molecule is O=C(NCC1CCN(c2nc3ccccc3s2)CC1)c1ccco1. The molecule has 5 nitrogen and oxygen atoms in total. The highest BCUT2D eigenvalue weighted by Crippen LogP contribution is 2.31. The third-order valence-electron chi connectivity index (χ3n) is 4.46. The van der Waals surface area contributed by atoms with Gasteiger partial charge in [0.15, 0.2) is 10.9 Å². The van der Waals surface area contributed by atoms with Gasteiger partial charge in [0, 0.05) is 19.6 Å². The summed E-state index contributed by atoms with van der Waals surface area (Å²) in [6, 6.07) is 11.7. The van der Waals surface area contributed by atoms with Crippen molar-refractivity contribution in [3.63, 3.8) is 0 Å². The zero-order chi connectivity index (χ0) is 16.4. The Labute approximate surface area is 144 Å². The predicted molar refractivity (Wildman–Crippen MR) is 95.6 cm³/mol. The van der Waals surface area contributed by atoms with Crippen LogP contribution in [0, 0.1) is 5.92 Å². The van der Waals surface area contributed by atoms with Gasteiger partial charge in [-0.25, -0.2) is 4.98 Å². The zero-order valence-electron chi connectivity index (χ0n) is 13.3. The van der Waals surface area contributed by atoms with Crippen LogP contribution in [0.25, 0.3) is 10.2 Å². The second kappa shape index (κ2) is 6.65. The number of carbonyl (C=O) groups is 1. The number of carbonyl (C=O) groups excluding carboxylic acids is 1. The molecule has 0 aliphatic carbocycles. The molecule has 24 heavy (non-hydrogen) atoms. The van der Waals surface area contributed by atoms with Crippen LogP contribution in [-0.2, 0) is 0 Å². The number of rotatable bonds is 4. The summed E-state index contributed by atoms with van der Waals surface area (Å²) < 4.78 is 6.35. The summed E-state index contributed by atoms with van der Waals surface area (Å²) in [7, 11) is 0. The fourth-order valence-electron chi connectivity index (χ4n) is 3.06. The van der Waals surface area contributed by atoms with Crippen LogP contribution in [0.1, 0.15) is 23.4 Å². The van der Waals surface area contributed by atoms with Crippen molar-refractivity contribution in [1.82, 2.24) is 10.3 Å². The van der Waals surface area contributed by atoms with Gasteiger partial charge in [0.05, 0.1) is 16.5 Å². The molecule has 1 aliphatic rings. The van der Waals surface area contributed by atoms with Gasteiger partial charge in [0.1, 0.15) is 0 Å². The van der Waals surface area contributed by atoms with Crippen molar-refractivity contribution in [2.45, 2.75) is 12.8 Å². The predicted octanol–water partition coefficient (Wildman–Crippen LogP) is 3.54. The first-order chi connectivity index (χ1) is 11.8. The van der Waals surface area contributed by atoms with E-state index in [0.29, 0.717) is 18.2 Å². The molecule has 0 radical (unpaired) electrons. The Bertz CT molecular complexity index is 787. The molecule has 124 valence electrons. The minimum absolute atomic E-state index is 0.131. The first-order valence-corrected chi connectivity index (χ1v) is 9.03. The van der Waals surface area contributed by atoms with Crippen LogP contribution in [0.3, 0.4) is 0 Å². The second-order valence-electron chi connectivity index (χ2n) is 6.08. The summed E-state index contributed by atoms with van der Waals surface area (Å²) in [5, 5.41) is 4.07. The number of furan rings is 1. The van der Waals surface area contributed by atoms with E-state index < -0.39 is 0 Å². The number of thiazole rings is 1. The Hall–Kier alpha value is -2.34. The molecule has 4 rings (SSSR count). The van der Waals surface area contributed by atoms with E-state index in [9.17, 15) is 4.79 Å². The van der Waals surface area contributed by atoms with Gasteiger partial charge < -0.3 is 14.6 Å². The lowest BCUT2D eigenvalue weighted by molar-refractivity contribution is 0.0917. The van der Waals surface area contributed by atoms with Crippen LogP contribution >= 0.6 is 11.3 Å². The summed E-state index contributed by atoms with van der Waals surface area (Å²) in [6.45, 7) is 2.68. The molecule has 2 aromatic heterocycles. The standard InChI is InChI=1S/C18H19N3O2S/c22-17(15-5-3-11-23-15)19-12-13-7-9-21(10-8-13)18-20-14-4-1-2-6-16(14)24-18/h1-6,11,13H,7-10,12H2,(H,19,22). The molecule has 1 aromatic carbocycles. The number of anilines is 1. The zero-order valence-corrected chi connectivity index (χ0v) is 14.1. The van der Waals surface area contributed by atoms with Crippen LogP contribution in [-0.4, -0.2) is 30.5 Å². The Morgan fingerprint density at radius 2 is 2.08 bits per heavy atom. The summed E-state index contributed by atoms with van der Waals surface area (Å²) in [6.07, 6.45) is 3.65. The lowest BCUT2D eigenvalue weighted by atomic mass is 9.97. The highest BCUT2D eigenvalue weighted by Gasteiger charge is 2.22. The Morgan fingerprint density at radius 3 is 2.83 bits per heavy atom. The average Bonchev–Trinajstić information content (AvgIpc) is 3.29. The van der Waals surface area contributed by atoms with Crippen molar-refractivity contribution in [3.8, 4) is 0 Å². The highest BCUT2D eigenvalue weighted by atomic mass is 32.1. The maximum atomic E-state index is 11.9. The first-order valence-electron chi connectivity index (χ1n) is 8.22. The van der Waals surface area contributed by atoms with Crippen LogP contribution in [0.4, 0.5) is 5.13 Å². The van der Waals surface area contributed by atoms with E-state index >= 15 is 0 Å². The number of hydrogen-bond acceptors (Lipinski definition) is 5. The minimum atomic E-state index is -0.131. The molecule has 1 amide bonds. The number of para-hydroxylation sites is 1. The summed E-state index contributed by atoms with van der Waals surface area (Å²) >= 11 is 1.75. The Morgan fingerprint density at radius 1 is 1.25 bits per heavy atom. The summed E-state index contributed by atoms with van der Waals surface area (Å²) in [4.78, 5) is 19.0. The van der Waals surface area contributed by atoms with E-state index in [1.807, 2.05) is 6.07 Å². The quantitative estimate of drug-likeness (QED) is 0.788. The Balaban J connectivity index is 1.31. The molecule has 0 atom stereocenters. The van der Waals surface area contributed by atoms with Gasteiger partial charge in [-0.15, -0.1) is 0 Å². The summed E-state index contributed by atoms with van der Waals surface area (Å²) in [5.74, 6) is 0.755. The number of amides is 1. The van der Waals surface area contributed by atoms with E-state index in [1.165, 1.54) is 11.0 Å². The number of hydrogen-bond donors (Lipinski definition) is 1. The lowest BCUT2D eigenvalue weighted by Crippen LogP contribution is -2.38. The molecule has 1 fully saturated rings. The first kappa shape index (κ1) is 15.2. The van der Waals surface area contributed by atoms with Gasteiger partial charge in [0.25, 0.3) is 5.91 Å². The van der Waals surface area contributed by atoms with Crippen LogP contribution in [0.5, 0.6) is 0 Å². The van der Waals surface area contributed by atoms with Crippen LogP contribution < -0.4 is 10.2 Å². The molecular weight excluding hydrogens is 322 g/mol. The maximum Gasteiger partial charge on any atom is 0.286 e. The molecule has 6 heteroatoms. The van der Waals surface area contributed by atoms with Crippen molar-refractivity contribution in [2.75, 3.05) is 24.5 Å². The molecule has 3 heterocycles. The lowest BCUT2D eigenvalue weighted by Gasteiger charge is -2.31. The summed E-state index contributed by atoms with van der Waals surface area (Å²) in [5.41, 5.74) is 1.07. The number of nitrogens with one attached hydrogen (secondary N) is 1. The van der Waals surface area contributed by atoms with E-state index in [-0.39, 0.29) is 5.91 Å². The molecule has 0 spiro atoms. The Kier molecular flexibility index (Phi) is 4.21. The fraction of sp³-hybridized carbons (Fsp3) is 0.333. The molecule has 0 saturated carbocycles. The van der Waals surface area contributed by atoms with Gasteiger partial charge in [-0.1, -0.05) is 23.5 Å². The van der Waals surface area contributed by atoms with Crippen molar-refractivity contribution >= 4 is 32.6 Å². The molecule has 0 unspecified atom stereocenters. The van der Waals surface area contributed by atoms with Crippen molar-refractivity contribution in [2.24, 2.45) is 5.92 Å². The number of benzene rings is 1. The molecule has 1 N–H and O–H groups in total. The molecule has 1 saturated heterocycles. The third kappa shape index (κ3) is 3.14. The number of piperidine rings is 1. The van der Waals surface area contributed by atoms with Gasteiger partial charge in [-0.05, 0) is 43.0 Å². The molecular formula is C18H19N3O2S. The van der Waals surface area contributed by atoms with Crippen LogP contribution in [0.2, 0.25) is 0 Å². The highest BCUT2D eigenvalue weighted by molar-refractivity contribution is 7.22. The van der Waals surface area contributed by atoms with Gasteiger partial charge >= 0.3 is 0 Å². The largest absolute Gasteiger partial charge is 0.459 e. The van der Waals surface area contributed by atoms with Crippen molar-refractivity contribution < 1.29 is 9.21 Å². The normalized spacial score (nSPS) is 15.8. The van der Waals surface area contributed by atoms with Crippen LogP contribution in [0.15, 0.2) is 47.1 Å². The number of fused-ring (bicyclic) bond motifs is 1. The smallest absolute Gasteiger partial charge is 0.286 e. The topological polar surface area (TPSA) is 58.4 Å². The molecule has 1 aliphatic heterocycles. The van der Waals surface area contributed by atoms with E-state index in [2.05, 4.69) is 28.4 Å². The monoisotopic (exact) mass is 341 g/mol. The number of nitrogens with zero attached hydrogens (tertiary/aromatic N) is 2. The maximum absolute atomic E-state index is 11.9. The average molecular weight is 341 g/mol. The molecule has 0 bridgehead atoms. The second-order valence-corrected chi connectivity index (χ2v) is 7.09. The van der Waals surface area contributed by atoms with Gasteiger partial charge in [-0.3, -0.25) is 4.79 Å². The van der Waals surface area contributed by atoms with E-state index in [4.69, 9.17) is 9.40 Å². The van der Waals surface area contributed by atoms with Crippen molar-refractivity contribution in [3.05, 3.63) is 48.4 Å². The van der Waals surface area contributed by atoms with E-state index in [1.54, 1.807) is 23.5 Å². The van der Waals surface area contributed by atoms with Crippen molar-refractivity contribution in [1.29, 1.82) is 0 Å². The van der Waals surface area contributed by atoms with Gasteiger partial charge in [0.2, 0.25) is 0 Å². The van der Waals surface area contributed by atoms with Gasteiger partial charge in [-0.2, -0.15) is 0 Å². The molecule has 3 aromatic rings. The number of aromatic nitrogens is 1. The van der Waals surface area contributed by atoms with E-state index in [0.717, 1.165) is 36.6 Å². The third-order valence-corrected chi connectivity index (χ3v) is 5.56. The minimum Gasteiger partial charge on any atom is -0.459 e.